The summed E-state index contributed by atoms with van der Waals surface area (Å²) in [6, 6.07) is 0.769. The second-order valence-electron chi connectivity index (χ2n) is 5.23. The van der Waals surface area contributed by atoms with Crippen molar-refractivity contribution in [3.05, 3.63) is 0 Å². The van der Waals surface area contributed by atoms with Crippen molar-refractivity contribution in [1.82, 2.24) is 10.2 Å². The Labute approximate surface area is 102 Å². The maximum atomic E-state index is 3.78. The van der Waals surface area contributed by atoms with Crippen molar-refractivity contribution in [3.63, 3.8) is 0 Å². The standard InChI is InChI=1S/C14H30N2/c1-4-7-14(8-5-2)15-11-13-9-10-16(6-3)12-13/h13-15H,4-12H2,1-3H3. The van der Waals surface area contributed by atoms with Crippen LogP contribution >= 0.6 is 0 Å². The molecule has 1 rings (SSSR count). The predicted molar refractivity (Wildman–Crippen MR) is 71.8 cm³/mol. The number of hydrogen-bond acceptors (Lipinski definition) is 2. The molecule has 0 radical (unpaired) electrons. The van der Waals surface area contributed by atoms with E-state index in [4.69, 9.17) is 0 Å². The molecule has 1 aliphatic heterocycles. The second kappa shape index (κ2) is 8.08. The maximum Gasteiger partial charge on any atom is 0.00669 e. The molecule has 96 valence electrons. The highest BCUT2D eigenvalue weighted by atomic mass is 15.1. The first-order chi connectivity index (χ1) is 7.80. The Morgan fingerprint density at radius 2 is 1.88 bits per heavy atom. The van der Waals surface area contributed by atoms with Gasteiger partial charge in [0.05, 0.1) is 0 Å². The van der Waals surface area contributed by atoms with E-state index in [-0.39, 0.29) is 0 Å². The molecule has 1 atom stereocenters. The topological polar surface area (TPSA) is 15.3 Å². The van der Waals surface area contributed by atoms with Crippen LogP contribution in [0.25, 0.3) is 0 Å². The summed E-state index contributed by atoms with van der Waals surface area (Å²) in [4.78, 5) is 2.57. The van der Waals surface area contributed by atoms with E-state index in [1.807, 2.05) is 0 Å². The van der Waals surface area contributed by atoms with Gasteiger partial charge in [0, 0.05) is 12.6 Å². The molecule has 1 unspecified atom stereocenters. The van der Waals surface area contributed by atoms with Crippen molar-refractivity contribution < 1.29 is 0 Å². The Kier molecular flexibility index (Phi) is 7.06. The molecular weight excluding hydrogens is 196 g/mol. The molecule has 0 aromatic carbocycles. The molecule has 0 saturated carbocycles. The lowest BCUT2D eigenvalue weighted by Crippen LogP contribution is -2.34. The summed E-state index contributed by atoms with van der Waals surface area (Å²) < 4.78 is 0. The van der Waals surface area contributed by atoms with E-state index in [0.29, 0.717) is 0 Å². The third-order valence-corrected chi connectivity index (χ3v) is 3.79. The average Bonchev–Trinajstić information content (AvgIpc) is 2.74. The molecule has 0 aromatic heterocycles. The highest BCUT2D eigenvalue weighted by Crippen LogP contribution is 2.15. The van der Waals surface area contributed by atoms with E-state index in [1.54, 1.807) is 0 Å². The van der Waals surface area contributed by atoms with Crippen molar-refractivity contribution in [2.45, 2.75) is 58.9 Å². The maximum absolute atomic E-state index is 3.78. The molecule has 1 saturated heterocycles. The van der Waals surface area contributed by atoms with Crippen LogP contribution in [0, 0.1) is 5.92 Å². The van der Waals surface area contributed by atoms with Gasteiger partial charge in [0.1, 0.15) is 0 Å². The largest absolute Gasteiger partial charge is 0.314 e. The van der Waals surface area contributed by atoms with Crippen LogP contribution in [0.15, 0.2) is 0 Å². The molecule has 2 nitrogen and oxygen atoms in total. The van der Waals surface area contributed by atoms with Crippen LogP contribution in [-0.2, 0) is 0 Å². The minimum atomic E-state index is 0.769. The fourth-order valence-electron chi connectivity index (χ4n) is 2.75. The first kappa shape index (κ1) is 14.0. The van der Waals surface area contributed by atoms with Crippen molar-refractivity contribution in [2.24, 2.45) is 5.92 Å². The lowest BCUT2D eigenvalue weighted by molar-refractivity contribution is 0.330. The molecule has 1 heterocycles. The zero-order chi connectivity index (χ0) is 11.8. The van der Waals surface area contributed by atoms with E-state index in [1.165, 1.54) is 58.3 Å². The Balaban J connectivity index is 2.16. The lowest BCUT2D eigenvalue weighted by atomic mass is 10.0. The Morgan fingerprint density at radius 1 is 1.19 bits per heavy atom. The number of rotatable bonds is 8. The molecule has 0 aromatic rings. The summed E-state index contributed by atoms with van der Waals surface area (Å²) in [5.41, 5.74) is 0. The first-order valence-electron chi connectivity index (χ1n) is 7.25. The van der Waals surface area contributed by atoms with Crippen LogP contribution in [0.4, 0.5) is 0 Å². The van der Waals surface area contributed by atoms with E-state index >= 15 is 0 Å². The van der Waals surface area contributed by atoms with Crippen LogP contribution in [-0.4, -0.2) is 37.1 Å². The summed E-state index contributed by atoms with van der Waals surface area (Å²) in [6.07, 6.45) is 6.70. The quantitative estimate of drug-likeness (QED) is 0.684. The Bertz CT molecular complexity index is 164. The van der Waals surface area contributed by atoms with Gasteiger partial charge in [-0.05, 0) is 44.8 Å². The molecule has 0 amide bonds. The third kappa shape index (κ3) is 4.84. The van der Waals surface area contributed by atoms with E-state index in [2.05, 4.69) is 31.0 Å². The zero-order valence-electron chi connectivity index (χ0n) is 11.5. The van der Waals surface area contributed by atoms with Crippen LogP contribution in [0.1, 0.15) is 52.9 Å². The van der Waals surface area contributed by atoms with E-state index in [9.17, 15) is 0 Å². The van der Waals surface area contributed by atoms with E-state index < -0.39 is 0 Å². The summed E-state index contributed by atoms with van der Waals surface area (Å²) in [5, 5.41) is 3.78. The minimum Gasteiger partial charge on any atom is -0.314 e. The van der Waals surface area contributed by atoms with Gasteiger partial charge in [-0.3, -0.25) is 0 Å². The molecule has 1 N–H and O–H groups in total. The third-order valence-electron chi connectivity index (χ3n) is 3.79. The SMILES string of the molecule is CCCC(CCC)NCC1CCN(CC)C1. The molecule has 2 heteroatoms. The van der Waals surface area contributed by atoms with Crippen LogP contribution in [0.5, 0.6) is 0 Å². The molecule has 16 heavy (non-hydrogen) atoms. The highest BCUT2D eigenvalue weighted by molar-refractivity contribution is 4.78. The highest BCUT2D eigenvalue weighted by Gasteiger charge is 2.21. The van der Waals surface area contributed by atoms with Gasteiger partial charge in [-0.25, -0.2) is 0 Å². The van der Waals surface area contributed by atoms with Gasteiger partial charge in [0.2, 0.25) is 0 Å². The fourth-order valence-corrected chi connectivity index (χ4v) is 2.75. The number of nitrogens with one attached hydrogen (secondary N) is 1. The van der Waals surface area contributed by atoms with Crippen molar-refractivity contribution in [2.75, 3.05) is 26.2 Å². The molecule has 1 aliphatic rings. The van der Waals surface area contributed by atoms with Crippen LogP contribution in [0.2, 0.25) is 0 Å². The van der Waals surface area contributed by atoms with E-state index in [0.717, 1.165) is 12.0 Å². The number of nitrogens with zero attached hydrogens (tertiary/aromatic N) is 1. The number of likely N-dealkylation sites (tertiary alicyclic amines) is 1. The van der Waals surface area contributed by atoms with Gasteiger partial charge < -0.3 is 10.2 Å². The second-order valence-corrected chi connectivity index (χ2v) is 5.23. The van der Waals surface area contributed by atoms with Crippen molar-refractivity contribution >= 4 is 0 Å². The van der Waals surface area contributed by atoms with Crippen molar-refractivity contribution in [3.8, 4) is 0 Å². The Morgan fingerprint density at radius 3 is 2.38 bits per heavy atom. The molecule has 0 bridgehead atoms. The lowest BCUT2D eigenvalue weighted by Gasteiger charge is -2.20. The van der Waals surface area contributed by atoms with Crippen LogP contribution in [0.3, 0.4) is 0 Å². The summed E-state index contributed by atoms with van der Waals surface area (Å²) in [6.45, 7) is 11.9. The molecule has 0 aliphatic carbocycles. The van der Waals surface area contributed by atoms with Crippen molar-refractivity contribution in [1.29, 1.82) is 0 Å². The van der Waals surface area contributed by atoms with Gasteiger partial charge in [-0.1, -0.05) is 33.6 Å². The monoisotopic (exact) mass is 226 g/mol. The van der Waals surface area contributed by atoms with Gasteiger partial charge >= 0.3 is 0 Å². The predicted octanol–water partition coefficient (Wildman–Crippen LogP) is 2.89. The van der Waals surface area contributed by atoms with Crippen LogP contribution < -0.4 is 5.32 Å². The Hall–Kier alpha value is -0.0800. The zero-order valence-corrected chi connectivity index (χ0v) is 11.5. The molecular formula is C14H30N2. The summed E-state index contributed by atoms with van der Waals surface area (Å²) in [7, 11) is 0. The summed E-state index contributed by atoms with van der Waals surface area (Å²) >= 11 is 0. The van der Waals surface area contributed by atoms with Gasteiger partial charge in [0.15, 0.2) is 0 Å². The first-order valence-corrected chi connectivity index (χ1v) is 7.25. The summed E-state index contributed by atoms with van der Waals surface area (Å²) in [5.74, 6) is 0.899. The molecule has 1 fully saturated rings. The number of hydrogen-bond donors (Lipinski definition) is 1. The van der Waals surface area contributed by atoms with Gasteiger partial charge in [-0.15, -0.1) is 0 Å². The average molecular weight is 226 g/mol. The normalized spacial score (nSPS) is 22.1. The fraction of sp³-hybridized carbons (Fsp3) is 1.00. The smallest absolute Gasteiger partial charge is 0.00669 e. The van der Waals surface area contributed by atoms with Gasteiger partial charge in [-0.2, -0.15) is 0 Å². The van der Waals surface area contributed by atoms with Gasteiger partial charge in [0.25, 0.3) is 0 Å². The minimum absolute atomic E-state index is 0.769. The molecule has 0 spiro atoms.